The van der Waals surface area contributed by atoms with Crippen LogP contribution < -0.4 is 14.8 Å². The van der Waals surface area contributed by atoms with Crippen molar-refractivity contribution in [3.8, 4) is 0 Å². The van der Waals surface area contributed by atoms with Crippen molar-refractivity contribution in [2.24, 2.45) is 5.73 Å². The van der Waals surface area contributed by atoms with Crippen LogP contribution in [0.3, 0.4) is 0 Å². The normalized spacial score (nSPS) is 9.78. The van der Waals surface area contributed by atoms with E-state index in [1.165, 1.54) is 12.1 Å². The Morgan fingerprint density at radius 2 is 1.39 bits per heavy atom. The first-order valence-electron chi connectivity index (χ1n) is 5.44. The minimum Gasteiger partial charge on any atom is -0.369 e. The number of benzene rings is 2. The van der Waals surface area contributed by atoms with E-state index in [0.29, 0.717) is 0 Å². The van der Waals surface area contributed by atoms with Gasteiger partial charge >= 0.3 is 0 Å². The number of anilines is 2. The molecule has 92 valence electrons. The van der Waals surface area contributed by atoms with Gasteiger partial charge in [-0.2, -0.15) is 0 Å². The fraction of sp³-hybridized carbons (Fsp3) is 0. The Hall–Kier alpha value is -2.14. The second-order valence-electron chi connectivity index (χ2n) is 3.57. The average molecular weight is 258 g/mol. The summed E-state index contributed by atoms with van der Waals surface area (Å²) in [6.45, 7) is 0. The summed E-state index contributed by atoms with van der Waals surface area (Å²) in [4.78, 5) is 0. The number of guanidine groups is 1. The molecule has 2 aromatic carbocycles. The van der Waals surface area contributed by atoms with Gasteiger partial charge in [-0.25, -0.2) is 0 Å². The molecule has 0 aliphatic heterocycles. The molecule has 0 saturated heterocycles. The molecule has 0 saturated carbocycles. The number of nitrogens with zero attached hydrogens (tertiary/aromatic N) is 1. The summed E-state index contributed by atoms with van der Waals surface area (Å²) >= 11 is 1.27. The van der Waals surface area contributed by atoms with Gasteiger partial charge in [-0.1, -0.05) is 36.4 Å². The smallest absolute Gasteiger partial charge is 0.197 e. The van der Waals surface area contributed by atoms with Crippen molar-refractivity contribution in [2.75, 3.05) is 4.31 Å². The Morgan fingerprint density at radius 3 is 1.78 bits per heavy atom. The molecule has 0 aliphatic rings. The molecule has 0 aromatic heterocycles. The van der Waals surface area contributed by atoms with Gasteiger partial charge in [-0.05, 0) is 24.3 Å². The SMILES string of the molecule is N=C(N)NSN(c1ccccc1)c1ccccc1. The Balaban J connectivity index is 2.26. The van der Waals surface area contributed by atoms with E-state index >= 15 is 0 Å². The van der Waals surface area contributed by atoms with Crippen molar-refractivity contribution in [1.29, 1.82) is 5.41 Å². The number of hydrogen-bond donors (Lipinski definition) is 3. The van der Waals surface area contributed by atoms with E-state index in [1.54, 1.807) is 0 Å². The molecule has 0 unspecified atom stereocenters. The van der Waals surface area contributed by atoms with Crippen LogP contribution >= 0.6 is 12.1 Å². The Morgan fingerprint density at radius 1 is 0.944 bits per heavy atom. The number of nitrogens with two attached hydrogens (primary N) is 1. The summed E-state index contributed by atoms with van der Waals surface area (Å²) in [5.74, 6) is -0.0723. The molecule has 0 bridgehead atoms. The van der Waals surface area contributed by atoms with Crippen LogP contribution in [-0.4, -0.2) is 5.96 Å². The summed E-state index contributed by atoms with van der Waals surface area (Å²) < 4.78 is 4.72. The lowest BCUT2D eigenvalue weighted by molar-refractivity contribution is 1.30. The van der Waals surface area contributed by atoms with Gasteiger partial charge in [0.05, 0.1) is 23.5 Å². The zero-order valence-corrected chi connectivity index (χ0v) is 10.5. The third-order valence-corrected chi connectivity index (χ3v) is 3.14. The minimum absolute atomic E-state index is 0.0723. The first-order valence-corrected chi connectivity index (χ1v) is 6.22. The fourth-order valence-electron chi connectivity index (χ4n) is 1.48. The molecule has 0 aliphatic carbocycles. The zero-order valence-electron chi connectivity index (χ0n) is 9.71. The lowest BCUT2D eigenvalue weighted by Gasteiger charge is -2.22. The number of para-hydroxylation sites is 2. The number of nitrogens with one attached hydrogen (secondary N) is 2. The molecule has 0 heterocycles. The zero-order chi connectivity index (χ0) is 12.8. The van der Waals surface area contributed by atoms with E-state index in [0.717, 1.165) is 11.4 Å². The molecule has 4 nitrogen and oxygen atoms in total. The molecule has 0 amide bonds. The maximum atomic E-state index is 7.23. The molecule has 0 spiro atoms. The summed E-state index contributed by atoms with van der Waals surface area (Å²) in [6, 6.07) is 19.8. The van der Waals surface area contributed by atoms with Crippen LogP contribution in [0.4, 0.5) is 11.4 Å². The van der Waals surface area contributed by atoms with Gasteiger partial charge < -0.3 is 5.73 Å². The van der Waals surface area contributed by atoms with Crippen molar-refractivity contribution >= 4 is 29.5 Å². The van der Waals surface area contributed by atoms with Crippen LogP contribution in [0.5, 0.6) is 0 Å². The Bertz CT molecular complexity index is 461. The molecule has 0 atom stereocenters. The van der Waals surface area contributed by atoms with Gasteiger partial charge in [0.25, 0.3) is 0 Å². The van der Waals surface area contributed by atoms with Gasteiger partial charge in [-0.3, -0.25) is 14.4 Å². The largest absolute Gasteiger partial charge is 0.369 e. The van der Waals surface area contributed by atoms with Gasteiger partial charge in [0.1, 0.15) is 0 Å². The maximum absolute atomic E-state index is 7.23. The van der Waals surface area contributed by atoms with Crippen LogP contribution in [0.1, 0.15) is 0 Å². The highest BCUT2D eigenvalue weighted by atomic mass is 32.2. The van der Waals surface area contributed by atoms with Crippen LogP contribution in [0.15, 0.2) is 60.7 Å². The summed E-state index contributed by atoms with van der Waals surface area (Å²) in [7, 11) is 0. The van der Waals surface area contributed by atoms with Crippen molar-refractivity contribution in [3.05, 3.63) is 60.7 Å². The first-order chi connectivity index (χ1) is 8.77. The van der Waals surface area contributed by atoms with Gasteiger partial charge in [0.15, 0.2) is 5.96 Å². The predicted octanol–water partition coefficient (Wildman–Crippen LogP) is 2.87. The molecule has 2 aromatic rings. The Kier molecular flexibility index (Phi) is 4.09. The fourth-order valence-corrected chi connectivity index (χ4v) is 2.12. The van der Waals surface area contributed by atoms with E-state index in [2.05, 4.69) is 4.72 Å². The molecule has 0 radical (unpaired) electrons. The molecule has 0 fully saturated rings. The highest BCUT2D eigenvalue weighted by Gasteiger charge is 2.09. The van der Waals surface area contributed by atoms with Crippen molar-refractivity contribution in [3.63, 3.8) is 0 Å². The summed E-state index contributed by atoms with van der Waals surface area (Å²) in [6.07, 6.45) is 0. The lowest BCUT2D eigenvalue weighted by atomic mass is 10.3. The lowest BCUT2D eigenvalue weighted by Crippen LogP contribution is -2.28. The van der Waals surface area contributed by atoms with Crippen LogP contribution in [0.25, 0.3) is 0 Å². The van der Waals surface area contributed by atoms with Crippen molar-refractivity contribution in [1.82, 2.24) is 4.72 Å². The van der Waals surface area contributed by atoms with Crippen molar-refractivity contribution < 1.29 is 0 Å². The molecular weight excluding hydrogens is 244 g/mol. The average Bonchev–Trinajstić information content (AvgIpc) is 2.41. The molecule has 4 N–H and O–H groups in total. The van der Waals surface area contributed by atoms with E-state index < -0.39 is 0 Å². The van der Waals surface area contributed by atoms with Gasteiger partial charge in [0, 0.05) is 0 Å². The van der Waals surface area contributed by atoms with Crippen LogP contribution in [-0.2, 0) is 0 Å². The van der Waals surface area contributed by atoms with E-state index in [1.807, 2.05) is 65.0 Å². The number of hydrogen-bond acceptors (Lipinski definition) is 3. The molecule has 5 heteroatoms. The number of rotatable bonds is 4. The molecule has 2 rings (SSSR count). The van der Waals surface area contributed by atoms with Crippen molar-refractivity contribution in [2.45, 2.75) is 0 Å². The Labute approximate surface area is 111 Å². The van der Waals surface area contributed by atoms with Crippen LogP contribution in [0, 0.1) is 5.41 Å². The highest BCUT2D eigenvalue weighted by Crippen LogP contribution is 2.30. The van der Waals surface area contributed by atoms with E-state index in [-0.39, 0.29) is 5.96 Å². The minimum atomic E-state index is -0.0723. The standard InChI is InChI=1S/C13H14N4S/c14-13(15)16-18-17(11-7-3-1-4-8-11)12-9-5-2-6-10-12/h1-10H,(H4,14,15,16). The summed E-state index contributed by atoms with van der Waals surface area (Å²) in [5.41, 5.74) is 7.35. The monoisotopic (exact) mass is 258 g/mol. The quantitative estimate of drug-likeness (QED) is 0.448. The third-order valence-electron chi connectivity index (χ3n) is 2.23. The molecule has 18 heavy (non-hydrogen) atoms. The van der Waals surface area contributed by atoms with E-state index in [9.17, 15) is 0 Å². The topological polar surface area (TPSA) is 65.1 Å². The van der Waals surface area contributed by atoms with Gasteiger partial charge in [-0.15, -0.1) is 0 Å². The highest BCUT2D eigenvalue weighted by molar-refractivity contribution is 7.99. The second-order valence-corrected chi connectivity index (χ2v) is 4.32. The first kappa shape index (κ1) is 12.3. The predicted molar refractivity (Wildman–Crippen MR) is 77.7 cm³/mol. The summed E-state index contributed by atoms with van der Waals surface area (Å²) in [5, 5.41) is 7.23. The van der Waals surface area contributed by atoms with E-state index in [4.69, 9.17) is 11.1 Å². The second kappa shape index (κ2) is 5.97. The maximum Gasteiger partial charge on any atom is 0.197 e. The van der Waals surface area contributed by atoms with Gasteiger partial charge in [0.2, 0.25) is 0 Å². The van der Waals surface area contributed by atoms with Crippen LogP contribution in [0.2, 0.25) is 0 Å². The molecular formula is C13H14N4S. The third kappa shape index (κ3) is 3.18.